The van der Waals surface area contributed by atoms with E-state index in [4.69, 9.17) is 0 Å². The van der Waals surface area contributed by atoms with Crippen LogP contribution < -0.4 is 5.32 Å². The lowest BCUT2D eigenvalue weighted by Crippen LogP contribution is -2.48. The van der Waals surface area contributed by atoms with E-state index in [-0.39, 0.29) is 29.8 Å². The van der Waals surface area contributed by atoms with Gasteiger partial charge in [-0.15, -0.1) is 24.0 Å². The summed E-state index contributed by atoms with van der Waals surface area (Å²) in [5, 5.41) is 8.03. The van der Waals surface area contributed by atoms with Crippen LogP contribution in [-0.4, -0.2) is 47.3 Å². The van der Waals surface area contributed by atoms with Crippen molar-refractivity contribution < 1.29 is 4.39 Å². The Morgan fingerprint density at radius 1 is 1.19 bits per heavy atom. The summed E-state index contributed by atoms with van der Waals surface area (Å²) in [6, 6.07) is 8.35. The van der Waals surface area contributed by atoms with Gasteiger partial charge >= 0.3 is 0 Å². The first kappa shape index (κ1) is 21.7. The van der Waals surface area contributed by atoms with E-state index in [1.807, 2.05) is 19.3 Å². The number of nitrogens with zero attached hydrogens (tertiary/aromatic N) is 4. The third-order valence-corrected chi connectivity index (χ3v) is 4.78. The topological polar surface area (TPSA) is 45.5 Å². The number of aliphatic imine (C=N–C) groups is 1. The first-order valence-corrected chi connectivity index (χ1v) is 9.31. The van der Waals surface area contributed by atoms with E-state index in [0.29, 0.717) is 11.8 Å². The molecular weight excluding hydrogens is 456 g/mol. The van der Waals surface area contributed by atoms with Gasteiger partial charge in [0.15, 0.2) is 5.96 Å². The van der Waals surface area contributed by atoms with E-state index >= 15 is 0 Å². The number of nitrogens with one attached hydrogen (secondary N) is 1. The minimum absolute atomic E-state index is 0. The zero-order valence-corrected chi connectivity index (χ0v) is 18.6. The number of benzene rings is 1. The molecule has 1 saturated heterocycles. The number of piperidine rings is 1. The molecule has 1 aromatic carbocycles. The monoisotopic (exact) mass is 485 g/mol. The van der Waals surface area contributed by atoms with Crippen molar-refractivity contribution >= 4 is 29.9 Å². The predicted octanol–water partition coefficient (Wildman–Crippen LogP) is 3.73. The van der Waals surface area contributed by atoms with Crippen LogP contribution in [0.5, 0.6) is 0 Å². The second-order valence-electron chi connectivity index (χ2n) is 7.30. The van der Waals surface area contributed by atoms with Crippen molar-refractivity contribution in [1.82, 2.24) is 20.0 Å². The number of halogens is 2. The Hall–Kier alpha value is -1.64. The zero-order chi connectivity index (χ0) is 18.5. The van der Waals surface area contributed by atoms with Gasteiger partial charge in [0.2, 0.25) is 0 Å². The molecule has 2 aromatic rings. The molecule has 2 heterocycles. The van der Waals surface area contributed by atoms with E-state index in [9.17, 15) is 4.39 Å². The molecule has 2 atom stereocenters. The molecule has 1 aromatic heterocycles. The molecule has 0 radical (unpaired) electrons. The summed E-state index contributed by atoms with van der Waals surface area (Å²) >= 11 is 0. The lowest BCUT2D eigenvalue weighted by molar-refractivity contribution is 0.208. The van der Waals surface area contributed by atoms with Gasteiger partial charge in [0.25, 0.3) is 0 Å². The average molecular weight is 485 g/mol. The van der Waals surface area contributed by atoms with Crippen LogP contribution in [0, 0.1) is 17.7 Å². The van der Waals surface area contributed by atoms with Gasteiger partial charge in [-0.2, -0.15) is 5.10 Å². The van der Waals surface area contributed by atoms with Gasteiger partial charge in [-0.25, -0.2) is 9.07 Å². The standard InChI is InChI=1S/C20H28FN5.HI/c1-15-12-16(2)14-25(13-15)20(22-3)23-10-8-18-9-11-26(24-18)19-6-4-17(21)5-7-19;/h4-7,9,11,15-16H,8,10,12-14H2,1-3H3,(H,22,23);1H. The van der Waals surface area contributed by atoms with Crippen LogP contribution in [-0.2, 0) is 6.42 Å². The van der Waals surface area contributed by atoms with E-state index in [1.54, 1.807) is 16.8 Å². The SMILES string of the molecule is CN=C(NCCc1ccn(-c2ccc(F)cc2)n1)N1CC(C)CC(C)C1.I. The van der Waals surface area contributed by atoms with Crippen LogP contribution >= 0.6 is 24.0 Å². The summed E-state index contributed by atoms with van der Waals surface area (Å²) in [5.41, 5.74) is 1.86. The fourth-order valence-corrected chi connectivity index (χ4v) is 3.70. The molecule has 0 saturated carbocycles. The molecule has 1 aliphatic heterocycles. The number of hydrogen-bond donors (Lipinski definition) is 1. The van der Waals surface area contributed by atoms with Crippen molar-refractivity contribution in [3.8, 4) is 5.69 Å². The second kappa shape index (κ2) is 10.1. The molecule has 0 amide bonds. The van der Waals surface area contributed by atoms with Gasteiger partial charge in [-0.3, -0.25) is 4.99 Å². The molecule has 0 aliphatic carbocycles. The minimum Gasteiger partial charge on any atom is -0.356 e. The van der Waals surface area contributed by atoms with Crippen LogP contribution in [0.1, 0.15) is 26.0 Å². The fourth-order valence-electron chi connectivity index (χ4n) is 3.70. The highest BCUT2D eigenvalue weighted by molar-refractivity contribution is 14.0. The summed E-state index contributed by atoms with van der Waals surface area (Å²) in [5.74, 6) is 2.13. The summed E-state index contributed by atoms with van der Waals surface area (Å²) < 4.78 is 14.8. The largest absolute Gasteiger partial charge is 0.356 e. The molecule has 148 valence electrons. The molecule has 2 unspecified atom stereocenters. The van der Waals surface area contributed by atoms with Crippen molar-refractivity contribution in [2.45, 2.75) is 26.7 Å². The van der Waals surface area contributed by atoms with Gasteiger partial charge in [0.1, 0.15) is 5.82 Å². The maximum Gasteiger partial charge on any atom is 0.193 e. The lowest BCUT2D eigenvalue weighted by atomic mass is 9.92. The summed E-state index contributed by atoms with van der Waals surface area (Å²) in [6.45, 7) is 7.51. The van der Waals surface area contributed by atoms with Crippen molar-refractivity contribution in [3.05, 3.63) is 48.0 Å². The minimum atomic E-state index is -0.238. The van der Waals surface area contributed by atoms with Crippen molar-refractivity contribution in [2.24, 2.45) is 16.8 Å². The first-order valence-electron chi connectivity index (χ1n) is 9.31. The summed E-state index contributed by atoms with van der Waals surface area (Å²) in [6.07, 6.45) is 4.01. The molecule has 0 spiro atoms. The number of aromatic nitrogens is 2. The molecule has 7 heteroatoms. The van der Waals surface area contributed by atoms with E-state index in [1.165, 1.54) is 18.6 Å². The van der Waals surface area contributed by atoms with Crippen molar-refractivity contribution in [3.63, 3.8) is 0 Å². The third-order valence-electron chi connectivity index (χ3n) is 4.78. The predicted molar refractivity (Wildman–Crippen MR) is 119 cm³/mol. The highest BCUT2D eigenvalue weighted by atomic mass is 127. The van der Waals surface area contributed by atoms with Crippen molar-refractivity contribution in [1.29, 1.82) is 0 Å². The third kappa shape index (κ3) is 5.92. The number of rotatable bonds is 4. The van der Waals surface area contributed by atoms with Gasteiger partial charge in [0, 0.05) is 39.3 Å². The highest BCUT2D eigenvalue weighted by Gasteiger charge is 2.23. The molecular formula is C20H29FIN5. The number of guanidine groups is 1. The Balaban J connectivity index is 0.00000261. The second-order valence-corrected chi connectivity index (χ2v) is 7.30. The Morgan fingerprint density at radius 3 is 2.48 bits per heavy atom. The van der Waals surface area contributed by atoms with Crippen LogP contribution in [0.4, 0.5) is 4.39 Å². The smallest absolute Gasteiger partial charge is 0.193 e. The lowest BCUT2D eigenvalue weighted by Gasteiger charge is -2.37. The molecule has 1 fully saturated rings. The van der Waals surface area contributed by atoms with E-state index in [0.717, 1.165) is 43.4 Å². The molecule has 27 heavy (non-hydrogen) atoms. The summed E-state index contributed by atoms with van der Waals surface area (Å²) in [4.78, 5) is 6.80. The van der Waals surface area contributed by atoms with Crippen molar-refractivity contribution in [2.75, 3.05) is 26.7 Å². The van der Waals surface area contributed by atoms with E-state index < -0.39 is 0 Å². The molecule has 1 N–H and O–H groups in total. The van der Waals surface area contributed by atoms with Crippen LogP contribution in [0.3, 0.4) is 0 Å². The Bertz CT molecular complexity index is 733. The average Bonchev–Trinajstić information content (AvgIpc) is 3.07. The molecule has 5 nitrogen and oxygen atoms in total. The molecule has 1 aliphatic rings. The highest BCUT2D eigenvalue weighted by Crippen LogP contribution is 2.20. The van der Waals surface area contributed by atoms with E-state index in [2.05, 4.69) is 34.2 Å². The number of likely N-dealkylation sites (tertiary alicyclic amines) is 1. The Labute approximate surface area is 178 Å². The van der Waals surface area contributed by atoms with Gasteiger partial charge in [-0.1, -0.05) is 13.8 Å². The maximum absolute atomic E-state index is 13.0. The quantitative estimate of drug-likeness (QED) is 0.408. The maximum atomic E-state index is 13.0. The van der Waals surface area contributed by atoms with Gasteiger partial charge < -0.3 is 10.2 Å². The summed E-state index contributed by atoms with van der Waals surface area (Å²) in [7, 11) is 1.84. The first-order chi connectivity index (χ1) is 12.5. The number of hydrogen-bond acceptors (Lipinski definition) is 2. The molecule has 0 bridgehead atoms. The Morgan fingerprint density at radius 2 is 1.85 bits per heavy atom. The molecule has 3 rings (SSSR count). The van der Waals surface area contributed by atoms with Crippen LogP contribution in [0.2, 0.25) is 0 Å². The van der Waals surface area contributed by atoms with Crippen LogP contribution in [0.25, 0.3) is 5.69 Å². The van der Waals surface area contributed by atoms with Gasteiger partial charge in [-0.05, 0) is 48.6 Å². The normalized spacial score (nSPS) is 20.3. The Kier molecular flexibility index (Phi) is 8.07. The zero-order valence-electron chi connectivity index (χ0n) is 16.2. The van der Waals surface area contributed by atoms with Gasteiger partial charge in [0.05, 0.1) is 11.4 Å². The fraction of sp³-hybridized carbons (Fsp3) is 0.500. The van der Waals surface area contributed by atoms with Crippen LogP contribution in [0.15, 0.2) is 41.5 Å².